The van der Waals surface area contributed by atoms with Crippen LogP contribution in [0.5, 0.6) is 0 Å². The van der Waals surface area contributed by atoms with Gasteiger partial charge in [0.05, 0.1) is 5.92 Å². The van der Waals surface area contributed by atoms with Gasteiger partial charge in [0.1, 0.15) is 5.60 Å². The van der Waals surface area contributed by atoms with Gasteiger partial charge in [-0.2, -0.15) is 0 Å². The van der Waals surface area contributed by atoms with Gasteiger partial charge in [-0.25, -0.2) is 4.79 Å². The lowest BCUT2D eigenvalue weighted by molar-refractivity contribution is -0.141. The lowest BCUT2D eigenvalue weighted by Crippen LogP contribution is -2.40. The highest BCUT2D eigenvalue weighted by Gasteiger charge is 2.25. The molecule has 20 heavy (non-hydrogen) atoms. The fourth-order valence-electron chi connectivity index (χ4n) is 2.13. The number of carbonyl (C=O) groups excluding carboxylic acids is 1. The number of aliphatic carboxylic acids is 1. The zero-order valence-corrected chi connectivity index (χ0v) is 12.9. The van der Waals surface area contributed by atoms with E-state index >= 15 is 0 Å². The van der Waals surface area contributed by atoms with E-state index in [4.69, 9.17) is 9.84 Å². The van der Waals surface area contributed by atoms with E-state index in [0.717, 1.165) is 13.0 Å². The first-order chi connectivity index (χ1) is 9.19. The minimum absolute atomic E-state index is 0.286. The van der Waals surface area contributed by atoms with Crippen LogP contribution in [0.4, 0.5) is 4.79 Å². The van der Waals surface area contributed by atoms with Gasteiger partial charge in [0.2, 0.25) is 0 Å². The molecule has 1 aliphatic rings. The van der Waals surface area contributed by atoms with Crippen LogP contribution in [-0.2, 0) is 9.53 Å². The van der Waals surface area contributed by atoms with Crippen molar-refractivity contribution in [2.45, 2.75) is 39.7 Å². The fraction of sp³-hybridized carbons (Fsp3) is 0.857. The minimum Gasteiger partial charge on any atom is -0.481 e. The van der Waals surface area contributed by atoms with Crippen molar-refractivity contribution in [1.82, 2.24) is 9.80 Å². The molecular weight excluding hydrogens is 260 g/mol. The van der Waals surface area contributed by atoms with E-state index in [2.05, 4.69) is 4.90 Å². The summed E-state index contributed by atoms with van der Waals surface area (Å²) in [6.07, 6.45) is 0.552. The van der Waals surface area contributed by atoms with Gasteiger partial charge in [-0.1, -0.05) is 6.92 Å². The van der Waals surface area contributed by atoms with E-state index in [1.54, 1.807) is 11.8 Å². The molecule has 1 N–H and O–H groups in total. The summed E-state index contributed by atoms with van der Waals surface area (Å²) in [4.78, 5) is 26.7. The number of carboxylic acids is 1. The summed E-state index contributed by atoms with van der Waals surface area (Å²) in [6, 6.07) is 0. The number of hydrogen-bond acceptors (Lipinski definition) is 4. The van der Waals surface area contributed by atoms with Crippen LogP contribution in [0, 0.1) is 5.92 Å². The molecule has 0 spiro atoms. The summed E-state index contributed by atoms with van der Waals surface area (Å²) in [5.74, 6) is -1.17. The lowest BCUT2D eigenvalue weighted by atomic mass is 10.1. The molecule has 0 aliphatic carbocycles. The smallest absolute Gasteiger partial charge is 0.410 e. The zero-order chi connectivity index (χ0) is 15.3. The Kier molecular flexibility index (Phi) is 5.80. The standard InChI is InChI=1S/C14H26N2O4/c1-11(12(17)18)10-15-6-5-7-16(9-8-15)13(19)20-14(2,3)4/h11H,5-10H2,1-4H3,(H,17,18). The Morgan fingerprint density at radius 3 is 2.40 bits per heavy atom. The van der Waals surface area contributed by atoms with Crippen LogP contribution in [0.3, 0.4) is 0 Å². The topological polar surface area (TPSA) is 70.1 Å². The highest BCUT2D eigenvalue weighted by molar-refractivity contribution is 5.69. The van der Waals surface area contributed by atoms with Crippen LogP contribution in [0.1, 0.15) is 34.1 Å². The van der Waals surface area contributed by atoms with Crippen molar-refractivity contribution in [2.24, 2.45) is 5.92 Å². The number of nitrogens with zero attached hydrogens (tertiary/aromatic N) is 2. The molecule has 6 heteroatoms. The molecule has 0 radical (unpaired) electrons. The summed E-state index contributed by atoms with van der Waals surface area (Å²) in [5.41, 5.74) is -0.485. The molecule has 0 saturated carbocycles. The van der Waals surface area contributed by atoms with Gasteiger partial charge in [-0.3, -0.25) is 4.79 Å². The number of carbonyl (C=O) groups is 2. The van der Waals surface area contributed by atoms with Crippen molar-refractivity contribution < 1.29 is 19.4 Å². The molecule has 1 amide bonds. The van der Waals surface area contributed by atoms with E-state index < -0.39 is 11.6 Å². The average Bonchev–Trinajstić information content (AvgIpc) is 2.52. The number of amides is 1. The maximum Gasteiger partial charge on any atom is 0.410 e. The molecule has 1 atom stereocenters. The predicted octanol–water partition coefficient (Wildman–Crippen LogP) is 1.65. The van der Waals surface area contributed by atoms with Crippen LogP contribution in [0.2, 0.25) is 0 Å². The van der Waals surface area contributed by atoms with Gasteiger partial charge in [-0.05, 0) is 33.7 Å². The van der Waals surface area contributed by atoms with Crippen LogP contribution in [-0.4, -0.2) is 65.3 Å². The van der Waals surface area contributed by atoms with Crippen molar-refractivity contribution in [3.63, 3.8) is 0 Å². The highest BCUT2D eigenvalue weighted by Crippen LogP contribution is 2.12. The summed E-state index contributed by atoms with van der Waals surface area (Å²) in [5, 5.41) is 8.94. The predicted molar refractivity (Wildman–Crippen MR) is 75.7 cm³/mol. The SMILES string of the molecule is CC(CN1CCCN(C(=O)OC(C)(C)C)CC1)C(=O)O. The van der Waals surface area contributed by atoms with Crippen LogP contribution in [0.25, 0.3) is 0 Å². The maximum absolute atomic E-state index is 12.0. The molecule has 0 aromatic heterocycles. The van der Waals surface area contributed by atoms with Gasteiger partial charge >= 0.3 is 12.1 Å². The van der Waals surface area contributed by atoms with Crippen molar-refractivity contribution in [2.75, 3.05) is 32.7 Å². The monoisotopic (exact) mass is 286 g/mol. The molecule has 0 aromatic carbocycles. The second kappa shape index (κ2) is 6.92. The Morgan fingerprint density at radius 1 is 1.20 bits per heavy atom. The van der Waals surface area contributed by atoms with Crippen molar-refractivity contribution in [1.29, 1.82) is 0 Å². The quantitative estimate of drug-likeness (QED) is 0.854. The van der Waals surface area contributed by atoms with Gasteiger partial charge in [0.15, 0.2) is 0 Å². The molecule has 1 heterocycles. The van der Waals surface area contributed by atoms with E-state index in [1.807, 2.05) is 20.8 Å². The first-order valence-electron chi connectivity index (χ1n) is 7.12. The fourth-order valence-corrected chi connectivity index (χ4v) is 2.13. The van der Waals surface area contributed by atoms with Crippen molar-refractivity contribution >= 4 is 12.1 Å². The third kappa shape index (κ3) is 5.77. The van der Waals surface area contributed by atoms with Crippen molar-refractivity contribution in [3.05, 3.63) is 0 Å². The normalized spacial score (nSPS) is 19.3. The third-order valence-corrected chi connectivity index (χ3v) is 3.19. The molecule has 1 saturated heterocycles. The van der Waals surface area contributed by atoms with E-state index in [9.17, 15) is 9.59 Å². The number of hydrogen-bond donors (Lipinski definition) is 1. The zero-order valence-electron chi connectivity index (χ0n) is 12.9. The minimum atomic E-state index is -0.779. The van der Waals surface area contributed by atoms with Crippen molar-refractivity contribution in [3.8, 4) is 0 Å². The van der Waals surface area contributed by atoms with Gasteiger partial charge < -0.3 is 19.6 Å². The Hall–Kier alpha value is -1.30. The van der Waals surface area contributed by atoms with Crippen LogP contribution >= 0.6 is 0 Å². The molecule has 0 bridgehead atoms. The second-order valence-electron chi connectivity index (χ2n) is 6.36. The number of ether oxygens (including phenoxy) is 1. The summed E-state index contributed by atoms with van der Waals surface area (Å²) < 4.78 is 5.36. The van der Waals surface area contributed by atoms with E-state index in [0.29, 0.717) is 26.2 Å². The first kappa shape index (κ1) is 16.8. The Bertz CT molecular complexity index is 352. The molecule has 0 aromatic rings. The average molecular weight is 286 g/mol. The lowest BCUT2D eigenvalue weighted by Gasteiger charge is -2.26. The molecule has 116 valence electrons. The first-order valence-corrected chi connectivity index (χ1v) is 7.12. The third-order valence-electron chi connectivity index (χ3n) is 3.19. The summed E-state index contributed by atoms with van der Waals surface area (Å²) in [7, 11) is 0. The Labute approximate surface area is 120 Å². The molecular formula is C14H26N2O4. The number of carboxylic acid groups (broad SMARTS) is 1. The van der Waals surface area contributed by atoms with E-state index in [1.165, 1.54) is 0 Å². The summed E-state index contributed by atoms with van der Waals surface area (Å²) in [6.45, 7) is 10.5. The molecule has 1 fully saturated rings. The summed E-state index contributed by atoms with van der Waals surface area (Å²) >= 11 is 0. The highest BCUT2D eigenvalue weighted by atomic mass is 16.6. The largest absolute Gasteiger partial charge is 0.481 e. The molecule has 6 nitrogen and oxygen atoms in total. The van der Waals surface area contributed by atoms with Crippen LogP contribution < -0.4 is 0 Å². The van der Waals surface area contributed by atoms with Crippen LogP contribution in [0.15, 0.2) is 0 Å². The molecule has 1 aliphatic heterocycles. The van der Waals surface area contributed by atoms with Gasteiger partial charge in [-0.15, -0.1) is 0 Å². The van der Waals surface area contributed by atoms with Gasteiger partial charge in [0, 0.05) is 26.2 Å². The Morgan fingerprint density at radius 2 is 1.85 bits per heavy atom. The second-order valence-corrected chi connectivity index (χ2v) is 6.36. The molecule has 1 rings (SSSR count). The molecule has 1 unspecified atom stereocenters. The van der Waals surface area contributed by atoms with E-state index in [-0.39, 0.29) is 12.0 Å². The number of rotatable bonds is 3. The maximum atomic E-state index is 12.0. The Balaban J connectivity index is 2.47. The van der Waals surface area contributed by atoms with Gasteiger partial charge in [0.25, 0.3) is 0 Å².